The van der Waals surface area contributed by atoms with Crippen LogP contribution in [-0.2, 0) is 15.6 Å². The molecule has 1 N–H and O–H groups in total. The summed E-state index contributed by atoms with van der Waals surface area (Å²) in [7, 11) is -1.79. The number of nitrogens with zero attached hydrogens (tertiary/aromatic N) is 1. The zero-order valence-electron chi connectivity index (χ0n) is 23.4. The van der Waals surface area contributed by atoms with Crippen LogP contribution >= 0.6 is 23.2 Å². The number of hydrogen-bond donors (Lipinski definition) is 1. The third-order valence-electron chi connectivity index (χ3n) is 8.60. The maximum Gasteiger partial charge on any atom is 0.335 e. The fourth-order valence-corrected chi connectivity index (χ4v) is 7.31. The first-order valence-electron chi connectivity index (χ1n) is 13.7. The van der Waals surface area contributed by atoms with Gasteiger partial charge in [-0.05, 0) is 98.6 Å². The zero-order chi connectivity index (χ0) is 28.5. The molecule has 2 aliphatic rings. The van der Waals surface area contributed by atoms with Gasteiger partial charge in [0.2, 0.25) is 5.91 Å². The average Bonchev–Trinajstić information content (AvgIpc) is 3.21. The Morgan fingerprint density at radius 3 is 2.13 bits per heavy atom. The standard InChI is InChI=1S/C30H39Cl2NO5Si/c1-30(2,3)39(4,5)38-23-12-8-21(9-13-23)33-15-14-20(28(33)34)16-25-26(31)17-24(18-27(25)32)37-22-10-6-19(7-11-22)29(35)36/h6-7,10-11,17-18,20-21,23H,8-9,12-16H2,1-5H3,(H,35,36). The first-order valence-corrected chi connectivity index (χ1v) is 17.4. The van der Waals surface area contributed by atoms with Crippen molar-refractivity contribution in [1.82, 2.24) is 4.90 Å². The van der Waals surface area contributed by atoms with Crippen LogP contribution in [0.15, 0.2) is 36.4 Å². The summed E-state index contributed by atoms with van der Waals surface area (Å²) in [6, 6.07) is 9.76. The lowest BCUT2D eigenvalue weighted by Gasteiger charge is -2.42. The minimum Gasteiger partial charge on any atom is -0.478 e. The second kappa shape index (κ2) is 11.8. The molecule has 1 aliphatic carbocycles. The molecule has 1 saturated heterocycles. The Bertz CT molecular complexity index is 1180. The first kappa shape index (κ1) is 29.9. The molecule has 2 aromatic rings. The number of carboxylic acid groups (broad SMARTS) is 1. The third-order valence-corrected chi connectivity index (χ3v) is 13.8. The highest BCUT2D eigenvalue weighted by molar-refractivity contribution is 6.74. The molecule has 6 nitrogen and oxygen atoms in total. The van der Waals surface area contributed by atoms with Crippen LogP contribution in [0, 0.1) is 5.92 Å². The molecule has 39 heavy (non-hydrogen) atoms. The summed E-state index contributed by atoms with van der Waals surface area (Å²) >= 11 is 13.2. The number of carbonyl (C=O) groups excluding carboxylic acids is 1. The van der Waals surface area contributed by atoms with Crippen molar-refractivity contribution in [2.45, 2.75) is 89.6 Å². The first-order chi connectivity index (χ1) is 18.2. The number of carbonyl (C=O) groups is 2. The summed E-state index contributed by atoms with van der Waals surface area (Å²) in [5.41, 5.74) is 0.926. The maximum atomic E-state index is 13.4. The smallest absolute Gasteiger partial charge is 0.335 e. The predicted molar refractivity (Wildman–Crippen MR) is 158 cm³/mol. The predicted octanol–water partition coefficient (Wildman–Crippen LogP) is 8.21. The van der Waals surface area contributed by atoms with Gasteiger partial charge in [0.1, 0.15) is 11.5 Å². The van der Waals surface area contributed by atoms with Crippen molar-refractivity contribution in [3.8, 4) is 11.5 Å². The van der Waals surface area contributed by atoms with E-state index in [4.69, 9.17) is 37.5 Å². The Hall–Kier alpha value is -2.06. The van der Waals surface area contributed by atoms with E-state index < -0.39 is 14.3 Å². The maximum absolute atomic E-state index is 13.4. The Balaban J connectivity index is 1.34. The SMILES string of the molecule is CC(C)(C)[Si](C)(C)OC1CCC(N2CCC(Cc3c(Cl)cc(Oc4ccc(C(=O)O)cc4)cc3Cl)C2=O)CC1. The molecule has 0 aromatic heterocycles. The molecule has 1 heterocycles. The molecular weight excluding hydrogens is 553 g/mol. The Morgan fingerprint density at radius 1 is 1.00 bits per heavy atom. The molecule has 2 aromatic carbocycles. The second-order valence-corrected chi connectivity index (χ2v) is 17.9. The molecule has 1 atom stereocenters. The van der Waals surface area contributed by atoms with Crippen molar-refractivity contribution >= 4 is 43.4 Å². The Morgan fingerprint density at radius 2 is 1.59 bits per heavy atom. The molecule has 1 unspecified atom stereocenters. The number of aromatic carboxylic acids is 1. The summed E-state index contributed by atoms with van der Waals surface area (Å²) < 4.78 is 12.5. The van der Waals surface area contributed by atoms with Crippen molar-refractivity contribution in [3.63, 3.8) is 0 Å². The van der Waals surface area contributed by atoms with Gasteiger partial charge in [0, 0.05) is 34.7 Å². The van der Waals surface area contributed by atoms with Crippen LogP contribution in [0.1, 0.15) is 68.8 Å². The van der Waals surface area contributed by atoms with Gasteiger partial charge in [-0.15, -0.1) is 0 Å². The fraction of sp³-hybridized carbons (Fsp3) is 0.533. The Labute approximate surface area is 242 Å². The van der Waals surface area contributed by atoms with Crippen LogP contribution in [0.5, 0.6) is 11.5 Å². The number of halogens is 2. The van der Waals surface area contributed by atoms with Gasteiger partial charge in [-0.25, -0.2) is 4.79 Å². The van der Waals surface area contributed by atoms with Crippen molar-refractivity contribution < 1.29 is 23.9 Å². The molecule has 1 amide bonds. The lowest BCUT2D eigenvalue weighted by molar-refractivity contribution is -0.133. The molecule has 212 valence electrons. The molecule has 4 rings (SSSR count). The van der Waals surface area contributed by atoms with Gasteiger partial charge >= 0.3 is 5.97 Å². The Kier molecular flexibility index (Phi) is 9.06. The molecule has 1 aliphatic heterocycles. The van der Waals surface area contributed by atoms with Gasteiger partial charge in [-0.2, -0.15) is 0 Å². The van der Waals surface area contributed by atoms with E-state index in [1.807, 2.05) is 0 Å². The molecule has 0 radical (unpaired) electrons. The number of likely N-dealkylation sites (tertiary alicyclic amines) is 1. The van der Waals surface area contributed by atoms with Crippen LogP contribution in [0.2, 0.25) is 28.2 Å². The van der Waals surface area contributed by atoms with E-state index in [2.05, 4.69) is 38.8 Å². The molecule has 0 spiro atoms. The zero-order valence-corrected chi connectivity index (χ0v) is 25.9. The lowest BCUT2D eigenvalue weighted by Crippen LogP contribution is -2.47. The van der Waals surface area contributed by atoms with Crippen molar-refractivity contribution in [3.05, 3.63) is 57.6 Å². The van der Waals surface area contributed by atoms with Crippen LogP contribution in [0.4, 0.5) is 0 Å². The minimum absolute atomic E-state index is 0.142. The van der Waals surface area contributed by atoms with Crippen LogP contribution < -0.4 is 4.74 Å². The van der Waals surface area contributed by atoms with Crippen molar-refractivity contribution in [2.75, 3.05) is 6.54 Å². The van der Waals surface area contributed by atoms with Gasteiger partial charge in [-0.3, -0.25) is 4.79 Å². The highest BCUT2D eigenvalue weighted by Gasteiger charge is 2.42. The van der Waals surface area contributed by atoms with Crippen LogP contribution in [0.25, 0.3) is 0 Å². The summed E-state index contributed by atoms with van der Waals surface area (Å²) in [4.78, 5) is 26.5. The van der Waals surface area contributed by atoms with E-state index in [0.717, 1.165) is 44.2 Å². The normalized spacial score (nSPS) is 22.3. The van der Waals surface area contributed by atoms with Crippen LogP contribution in [0.3, 0.4) is 0 Å². The van der Waals surface area contributed by atoms with Gasteiger partial charge in [0.15, 0.2) is 8.32 Å². The van der Waals surface area contributed by atoms with E-state index in [9.17, 15) is 9.59 Å². The van der Waals surface area contributed by atoms with E-state index in [1.165, 1.54) is 12.1 Å². The minimum atomic E-state index is -1.79. The number of hydrogen-bond acceptors (Lipinski definition) is 4. The number of ether oxygens (including phenoxy) is 1. The highest BCUT2D eigenvalue weighted by atomic mass is 35.5. The molecule has 9 heteroatoms. The van der Waals surface area contributed by atoms with Gasteiger partial charge < -0.3 is 19.2 Å². The van der Waals surface area contributed by atoms with Gasteiger partial charge in [0.25, 0.3) is 0 Å². The van der Waals surface area contributed by atoms with Gasteiger partial charge in [0.05, 0.1) is 5.56 Å². The van der Waals surface area contributed by atoms with Crippen LogP contribution in [-0.4, -0.2) is 48.9 Å². The van der Waals surface area contributed by atoms with E-state index >= 15 is 0 Å². The highest BCUT2D eigenvalue weighted by Crippen LogP contribution is 2.41. The average molecular weight is 593 g/mol. The monoisotopic (exact) mass is 591 g/mol. The molecule has 0 bridgehead atoms. The van der Waals surface area contributed by atoms with E-state index in [0.29, 0.717) is 34.1 Å². The lowest BCUT2D eigenvalue weighted by atomic mass is 9.92. The number of benzene rings is 2. The number of carboxylic acids is 1. The topological polar surface area (TPSA) is 76.1 Å². The summed E-state index contributed by atoms with van der Waals surface area (Å²) in [5.74, 6) is -0.0227. The summed E-state index contributed by atoms with van der Waals surface area (Å²) in [6.07, 6.45) is 5.55. The largest absolute Gasteiger partial charge is 0.478 e. The van der Waals surface area contributed by atoms with Crippen molar-refractivity contribution in [2.24, 2.45) is 5.92 Å². The molecule has 1 saturated carbocycles. The summed E-state index contributed by atoms with van der Waals surface area (Å²) in [5, 5.41) is 10.2. The third kappa shape index (κ3) is 6.99. The second-order valence-electron chi connectivity index (χ2n) is 12.3. The fourth-order valence-electron chi connectivity index (χ4n) is 5.26. The summed E-state index contributed by atoms with van der Waals surface area (Å²) in [6.45, 7) is 12.2. The van der Waals surface area contributed by atoms with Crippen molar-refractivity contribution in [1.29, 1.82) is 0 Å². The quantitative estimate of drug-likeness (QED) is 0.313. The van der Waals surface area contributed by atoms with E-state index in [-0.39, 0.29) is 28.5 Å². The van der Waals surface area contributed by atoms with E-state index in [1.54, 1.807) is 24.3 Å². The number of amides is 1. The van der Waals surface area contributed by atoms with Gasteiger partial charge in [-0.1, -0.05) is 44.0 Å². The molecular formula is C30H39Cl2NO5Si. The molecule has 2 fully saturated rings. The number of rotatable bonds is 8.